The highest BCUT2D eigenvalue weighted by Gasteiger charge is 2.40. The zero-order valence-corrected chi connectivity index (χ0v) is 16.4. The Morgan fingerprint density at radius 1 is 1.32 bits per heavy atom. The van der Waals surface area contributed by atoms with Crippen LogP contribution in [0.1, 0.15) is 23.2 Å². The van der Waals surface area contributed by atoms with E-state index >= 15 is 0 Å². The lowest BCUT2D eigenvalue weighted by molar-refractivity contribution is -0.615. The minimum absolute atomic E-state index is 0.0509. The van der Waals surface area contributed by atoms with E-state index in [0.29, 0.717) is 37.2 Å². The van der Waals surface area contributed by atoms with Gasteiger partial charge in [0, 0.05) is 12.6 Å². The maximum absolute atomic E-state index is 13.2. The maximum Gasteiger partial charge on any atom is 0.275 e. The largest absolute Gasteiger partial charge is 0.348 e. The molecule has 2 aromatic rings. The molecule has 4 rings (SSSR count). The molecule has 8 heteroatoms. The fraction of sp³-hybridized carbons (Fsp3) is 0.350. The number of carbonyl (C=O) groups is 3. The highest BCUT2D eigenvalue weighted by atomic mass is 32.1. The van der Waals surface area contributed by atoms with Gasteiger partial charge in [-0.2, -0.15) is 11.3 Å². The molecule has 0 aliphatic carbocycles. The molecule has 7 nitrogen and oxygen atoms in total. The van der Waals surface area contributed by atoms with Crippen LogP contribution in [0.3, 0.4) is 0 Å². The van der Waals surface area contributed by atoms with Gasteiger partial charge >= 0.3 is 0 Å². The number of piperidine rings is 1. The fourth-order valence-electron chi connectivity index (χ4n) is 3.87. The van der Waals surface area contributed by atoms with Gasteiger partial charge in [-0.15, -0.1) is 0 Å². The summed E-state index contributed by atoms with van der Waals surface area (Å²) in [5, 5.41) is 11.7. The van der Waals surface area contributed by atoms with Crippen LogP contribution in [0.2, 0.25) is 0 Å². The number of quaternary nitrogens is 1. The van der Waals surface area contributed by atoms with E-state index in [4.69, 9.17) is 0 Å². The predicted molar refractivity (Wildman–Crippen MR) is 107 cm³/mol. The quantitative estimate of drug-likeness (QED) is 0.705. The summed E-state index contributed by atoms with van der Waals surface area (Å²) in [4.78, 5) is 39.6. The molecule has 1 fully saturated rings. The number of amides is 3. The summed E-state index contributed by atoms with van der Waals surface area (Å²) < 4.78 is 0. The molecule has 2 aliphatic heterocycles. The van der Waals surface area contributed by atoms with E-state index in [2.05, 4.69) is 10.6 Å². The summed E-state index contributed by atoms with van der Waals surface area (Å²) >= 11 is 1.60. The van der Waals surface area contributed by atoms with Crippen LogP contribution in [0, 0.1) is 0 Å². The van der Waals surface area contributed by atoms with Crippen molar-refractivity contribution in [2.45, 2.75) is 24.9 Å². The lowest BCUT2D eigenvalue weighted by Crippen LogP contribution is -2.82. The van der Waals surface area contributed by atoms with E-state index in [1.807, 2.05) is 36.0 Å². The maximum atomic E-state index is 13.2. The number of hydrogen-bond donors (Lipinski definition) is 3. The Morgan fingerprint density at radius 2 is 2.18 bits per heavy atom. The number of fused-ring (bicyclic) bond motifs is 2. The molecule has 0 saturated carbocycles. The van der Waals surface area contributed by atoms with E-state index in [9.17, 15) is 14.4 Å². The van der Waals surface area contributed by atoms with Crippen LogP contribution >= 0.6 is 11.3 Å². The molecule has 0 unspecified atom stereocenters. The molecule has 4 N–H and O–H groups in total. The summed E-state index contributed by atoms with van der Waals surface area (Å²) in [5.74, 6) is -0.386. The van der Waals surface area contributed by atoms with Gasteiger partial charge in [-0.3, -0.25) is 14.4 Å². The fourth-order valence-corrected chi connectivity index (χ4v) is 4.53. The molecule has 3 amide bonds. The minimum atomic E-state index is -0.575. The molecule has 1 aromatic heterocycles. The van der Waals surface area contributed by atoms with Crippen LogP contribution in [0.25, 0.3) is 11.1 Å². The van der Waals surface area contributed by atoms with Crippen LogP contribution in [-0.2, 0) is 9.59 Å². The van der Waals surface area contributed by atoms with Gasteiger partial charge in [0.25, 0.3) is 11.8 Å². The number of nitrogens with one attached hydrogen (secondary N) is 2. The first kappa shape index (κ1) is 18.6. The number of hydrogen-bond acceptors (Lipinski definition) is 4. The van der Waals surface area contributed by atoms with E-state index in [1.54, 1.807) is 27.6 Å². The van der Waals surface area contributed by atoms with Crippen molar-refractivity contribution in [3.8, 4) is 11.1 Å². The van der Waals surface area contributed by atoms with Crippen molar-refractivity contribution in [3.63, 3.8) is 0 Å². The number of nitrogens with two attached hydrogens (primary N) is 1. The Hall–Kier alpha value is -2.71. The van der Waals surface area contributed by atoms with Crippen molar-refractivity contribution in [2.75, 3.05) is 25.5 Å². The molecule has 146 valence electrons. The summed E-state index contributed by atoms with van der Waals surface area (Å²) in [5.41, 5.74) is 3.08. The third-order valence-electron chi connectivity index (χ3n) is 5.28. The zero-order valence-electron chi connectivity index (χ0n) is 15.6. The second kappa shape index (κ2) is 7.73. The van der Waals surface area contributed by atoms with E-state index in [1.165, 1.54) is 0 Å². The number of rotatable bonds is 4. The van der Waals surface area contributed by atoms with E-state index in [0.717, 1.165) is 11.1 Å². The number of anilines is 1. The van der Waals surface area contributed by atoms with Gasteiger partial charge in [-0.25, -0.2) is 0 Å². The smallest absolute Gasteiger partial charge is 0.275 e. The molecule has 3 heterocycles. The monoisotopic (exact) mass is 399 g/mol. The lowest BCUT2D eigenvalue weighted by Gasteiger charge is -2.37. The Morgan fingerprint density at radius 3 is 2.93 bits per heavy atom. The number of likely N-dealkylation sites (N-methyl/N-ethyl adjacent to an activating group) is 1. The van der Waals surface area contributed by atoms with E-state index < -0.39 is 6.04 Å². The SMILES string of the molecule is C[NH2+]CC(=O)N[C@H]1CCN2C(=O)c3cc(-c4ccsc4)ccc3NC(=O)[C@@H]2C1. The average Bonchev–Trinajstić information content (AvgIpc) is 3.19. The second-order valence-electron chi connectivity index (χ2n) is 7.18. The van der Waals surface area contributed by atoms with Crippen LogP contribution in [0.4, 0.5) is 5.69 Å². The Kier molecular flexibility index (Phi) is 5.15. The van der Waals surface area contributed by atoms with Gasteiger partial charge in [-0.05, 0) is 52.9 Å². The number of nitrogens with zero attached hydrogens (tertiary/aromatic N) is 1. The Bertz CT molecular complexity index is 912. The molecule has 1 saturated heterocycles. The van der Waals surface area contributed by atoms with Crippen molar-refractivity contribution in [2.24, 2.45) is 0 Å². The molecule has 1 aromatic carbocycles. The normalized spacial score (nSPS) is 21.4. The summed E-state index contributed by atoms with van der Waals surface area (Å²) in [6.07, 6.45) is 1.07. The second-order valence-corrected chi connectivity index (χ2v) is 7.96. The molecule has 0 radical (unpaired) electrons. The van der Waals surface area contributed by atoms with Crippen LogP contribution in [-0.4, -0.2) is 54.8 Å². The van der Waals surface area contributed by atoms with Crippen molar-refractivity contribution in [1.29, 1.82) is 0 Å². The van der Waals surface area contributed by atoms with E-state index in [-0.39, 0.29) is 23.8 Å². The summed E-state index contributed by atoms with van der Waals surface area (Å²) in [6, 6.07) is 6.91. The molecule has 0 spiro atoms. The Labute approximate surface area is 167 Å². The van der Waals surface area contributed by atoms with Crippen molar-refractivity contribution in [3.05, 3.63) is 40.6 Å². The lowest BCUT2D eigenvalue weighted by atomic mass is 9.96. The number of thiophene rings is 1. The topological polar surface area (TPSA) is 95.1 Å². The molecular formula is C20H23N4O3S+. The molecule has 0 bridgehead atoms. The molecular weight excluding hydrogens is 376 g/mol. The standard InChI is InChI=1S/C20H22N4O3S/c1-21-10-18(25)22-14-4-6-24-17(9-14)19(26)23-16-3-2-12(8-15(16)20(24)27)13-5-7-28-11-13/h2-3,5,7-8,11,14,17,21H,4,6,9-10H2,1H3,(H,22,25)(H,23,26)/p+1/t14-,17-/m0/s1. The highest BCUT2D eigenvalue weighted by Crippen LogP contribution is 2.32. The van der Waals surface area contributed by atoms with Gasteiger partial charge in [0.1, 0.15) is 6.04 Å². The van der Waals surface area contributed by atoms with Gasteiger partial charge < -0.3 is 20.9 Å². The first-order valence-corrected chi connectivity index (χ1v) is 10.4. The zero-order chi connectivity index (χ0) is 19.7. The summed E-state index contributed by atoms with van der Waals surface area (Å²) in [7, 11) is 1.83. The van der Waals surface area contributed by atoms with Gasteiger partial charge in [-0.1, -0.05) is 6.07 Å². The van der Waals surface area contributed by atoms with Gasteiger partial charge in [0.2, 0.25) is 5.91 Å². The average molecular weight is 399 g/mol. The molecule has 2 atom stereocenters. The number of carbonyl (C=O) groups excluding carboxylic acids is 3. The van der Waals surface area contributed by atoms with Crippen LogP contribution in [0.15, 0.2) is 35.0 Å². The van der Waals surface area contributed by atoms with Crippen LogP contribution < -0.4 is 16.0 Å². The number of benzene rings is 1. The third-order valence-corrected chi connectivity index (χ3v) is 5.97. The molecule has 28 heavy (non-hydrogen) atoms. The van der Waals surface area contributed by atoms with Gasteiger partial charge in [0.05, 0.1) is 18.3 Å². The predicted octanol–water partition coefficient (Wildman–Crippen LogP) is 0.650. The van der Waals surface area contributed by atoms with Crippen molar-refractivity contribution < 1.29 is 19.7 Å². The third kappa shape index (κ3) is 3.53. The minimum Gasteiger partial charge on any atom is -0.348 e. The molecule has 2 aliphatic rings. The first-order valence-electron chi connectivity index (χ1n) is 9.42. The van der Waals surface area contributed by atoms with Crippen LogP contribution in [0.5, 0.6) is 0 Å². The highest BCUT2D eigenvalue weighted by molar-refractivity contribution is 7.08. The van der Waals surface area contributed by atoms with Crippen molar-refractivity contribution in [1.82, 2.24) is 10.2 Å². The Balaban J connectivity index is 1.58. The first-order chi connectivity index (χ1) is 13.6. The summed E-state index contributed by atoms with van der Waals surface area (Å²) in [6.45, 7) is 0.798. The van der Waals surface area contributed by atoms with Gasteiger partial charge in [0.15, 0.2) is 6.54 Å². The van der Waals surface area contributed by atoms with Crippen molar-refractivity contribution >= 4 is 34.7 Å².